The maximum atomic E-state index is 11.8. The van der Waals surface area contributed by atoms with Crippen LogP contribution in [0.3, 0.4) is 0 Å². The van der Waals surface area contributed by atoms with Crippen LogP contribution in [0, 0.1) is 0 Å². The lowest BCUT2D eigenvalue weighted by atomic mass is 10.3. The molecule has 0 spiro atoms. The molecule has 0 aliphatic heterocycles. The van der Waals surface area contributed by atoms with Crippen LogP contribution in [-0.2, 0) is 21.3 Å². The normalized spacial score (nSPS) is 11.7. The van der Waals surface area contributed by atoms with Gasteiger partial charge in [0.2, 0.25) is 0 Å². The van der Waals surface area contributed by atoms with Gasteiger partial charge in [0.25, 0.3) is 10.0 Å². The number of hydrogen-bond donors (Lipinski definition) is 2. The molecule has 0 atom stereocenters. The van der Waals surface area contributed by atoms with Crippen LogP contribution in [0.1, 0.15) is 18.9 Å². The fourth-order valence-electron chi connectivity index (χ4n) is 1.29. The first kappa shape index (κ1) is 15.0. The number of nitrogens with one attached hydrogen (secondary N) is 1. The highest BCUT2D eigenvalue weighted by Crippen LogP contribution is 2.06. The van der Waals surface area contributed by atoms with Crippen LogP contribution in [0.25, 0.3) is 0 Å². The van der Waals surface area contributed by atoms with E-state index in [9.17, 15) is 8.42 Å². The average Bonchev–Trinajstić information content (AvgIpc) is 2.38. The van der Waals surface area contributed by atoms with Gasteiger partial charge in [0.05, 0.1) is 0 Å². The summed E-state index contributed by atoms with van der Waals surface area (Å²) < 4.78 is 31.2. The topological polar surface area (TPSA) is 94.3 Å². The van der Waals surface area contributed by atoms with Crippen molar-refractivity contribution < 1.29 is 13.2 Å². The number of nitrogens with zero attached hydrogens (tertiary/aromatic N) is 1. The Kier molecular flexibility index (Phi) is 6.20. The highest BCUT2D eigenvalue weighted by Gasteiger charge is 2.14. The lowest BCUT2D eigenvalue weighted by Gasteiger charge is -2.06. The highest BCUT2D eigenvalue weighted by molar-refractivity contribution is 7.89. The minimum absolute atomic E-state index is 0.0103. The summed E-state index contributed by atoms with van der Waals surface area (Å²) in [6.07, 6.45) is 2.10. The van der Waals surface area contributed by atoms with Crippen LogP contribution in [-0.4, -0.2) is 33.2 Å². The molecule has 0 aromatic carbocycles. The molecule has 1 aromatic heterocycles. The smallest absolute Gasteiger partial charge is 0.258 e. The lowest BCUT2D eigenvalue weighted by molar-refractivity contribution is 0.146. The van der Waals surface area contributed by atoms with Gasteiger partial charge in [-0.2, -0.15) is 0 Å². The molecule has 1 heterocycles. The van der Waals surface area contributed by atoms with E-state index in [0.717, 1.165) is 5.56 Å². The third-order valence-electron chi connectivity index (χ3n) is 2.27. The van der Waals surface area contributed by atoms with E-state index in [-0.39, 0.29) is 5.03 Å². The van der Waals surface area contributed by atoms with Crippen molar-refractivity contribution in [2.24, 2.45) is 5.73 Å². The van der Waals surface area contributed by atoms with Crippen molar-refractivity contribution in [2.75, 3.05) is 19.8 Å². The second-order valence-corrected chi connectivity index (χ2v) is 5.37. The van der Waals surface area contributed by atoms with Crippen molar-refractivity contribution in [3.8, 4) is 0 Å². The SMILES string of the molecule is CCOCCCNS(=O)(=O)c1ccc(CN)cn1. The summed E-state index contributed by atoms with van der Waals surface area (Å²) in [7, 11) is -3.53. The van der Waals surface area contributed by atoms with E-state index in [0.29, 0.717) is 32.7 Å². The average molecular weight is 273 g/mol. The van der Waals surface area contributed by atoms with Gasteiger partial charge in [-0.1, -0.05) is 6.07 Å². The summed E-state index contributed by atoms with van der Waals surface area (Å²) in [5.41, 5.74) is 6.21. The number of sulfonamides is 1. The zero-order chi connectivity index (χ0) is 13.4. The van der Waals surface area contributed by atoms with Crippen LogP contribution in [0.2, 0.25) is 0 Å². The number of hydrogen-bond acceptors (Lipinski definition) is 5. The Balaban J connectivity index is 2.51. The fourth-order valence-corrected chi connectivity index (χ4v) is 2.29. The molecule has 18 heavy (non-hydrogen) atoms. The predicted octanol–water partition coefficient (Wildman–Crippen LogP) is 0.245. The molecule has 0 fully saturated rings. The summed E-state index contributed by atoms with van der Waals surface area (Å²) in [6.45, 7) is 3.75. The molecule has 0 radical (unpaired) electrons. The van der Waals surface area contributed by atoms with Crippen molar-refractivity contribution in [2.45, 2.75) is 24.9 Å². The molecule has 0 saturated carbocycles. The van der Waals surface area contributed by atoms with Crippen LogP contribution in [0.5, 0.6) is 0 Å². The highest BCUT2D eigenvalue weighted by atomic mass is 32.2. The number of nitrogens with two attached hydrogens (primary N) is 1. The first-order chi connectivity index (χ1) is 8.60. The first-order valence-electron chi connectivity index (χ1n) is 5.82. The van der Waals surface area contributed by atoms with E-state index in [4.69, 9.17) is 10.5 Å². The van der Waals surface area contributed by atoms with Gasteiger partial charge in [0.1, 0.15) is 0 Å². The molecular formula is C11H19N3O3S. The van der Waals surface area contributed by atoms with Crippen molar-refractivity contribution in [1.29, 1.82) is 0 Å². The zero-order valence-electron chi connectivity index (χ0n) is 10.4. The minimum Gasteiger partial charge on any atom is -0.382 e. The molecule has 0 bridgehead atoms. The zero-order valence-corrected chi connectivity index (χ0v) is 11.2. The molecule has 0 unspecified atom stereocenters. The Bertz CT molecular complexity index is 445. The minimum atomic E-state index is -3.53. The van der Waals surface area contributed by atoms with Gasteiger partial charge in [-0.15, -0.1) is 0 Å². The molecule has 1 rings (SSSR count). The molecule has 0 amide bonds. The molecule has 0 aliphatic rings. The summed E-state index contributed by atoms with van der Waals surface area (Å²) in [6, 6.07) is 3.11. The third kappa shape index (κ3) is 4.69. The summed E-state index contributed by atoms with van der Waals surface area (Å²) in [5, 5.41) is 0.0103. The Labute approximate surface area is 108 Å². The van der Waals surface area contributed by atoms with Gasteiger partial charge in [-0.3, -0.25) is 0 Å². The number of rotatable bonds is 8. The second kappa shape index (κ2) is 7.42. The second-order valence-electron chi connectivity index (χ2n) is 3.66. The van der Waals surface area contributed by atoms with Gasteiger partial charge in [0, 0.05) is 32.5 Å². The van der Waals surface area contributed by atoms with E-state index in [2.05, 4.69) is 9.71 Å². The van der Waals surface area contributed by atoms with Crippen LogP contribution in [0.15, 0.2) is 23.4 Å². The number of pyridine rings is 1. The van der Waals surface area contributed by atoms with Gasteiger partial charge < -0.3 is 10.5 Å². The van der Waals surface area contributed by atoms with E-state index >= 15 is 0 Å². The van der Waals surface area contributed by atoms with Crippen molar-refractivity contribution in [3.05, 3.63) is 23.9 Å². The van der Waals surface area contributed by atoms with Gasteiger partial charge in [-0.25, -0.2) is 18.1 Å². The maximum absolute atomic E-state index is 11.8. The number of ether oxygens (including phenoxy) is 1. The van der Waals surface area contributed by atoms with Crippen LogP contribution < -0.4 is 10.5 Å². The van der Waals surface area contributed by atoms with E-state index in [1.165, 1.54) is 12.3 Å². The van der Waals surface area contributed by atoms with Crippen LogP contribution in [0.4, 0.5) is 0 Å². The summed E-state index contributed by atoms with van der Waals surface area (Å²) in [4.78, 5) is 3.87. The van der Waals surface area contributed by atoms with Crippen molar-refractivity contribution >= 4 is 10.0 Å². The Morgan fingerprint density at radius 3 is 2.78 bits per heavy atom. The van der Waals surface area contributed by atoms with Crippen LogP contribution >= 0.6 is 0 Å². The predicted molar refractivity (Wildman–Crippen MR) is 68.4 cm³/mol. The molecule has 102 valence electrons. The Hall–Kier alpha value is -1.02. The Morgan fingerprint density at radius 1 is 1.44 bits per heavy atom. The molecule has 3 N–H and O–H groups in total. The van der Waals surface area contributed by atoms with Gasteiger partial charge in [-0.05, 0) is 25.0 Å². The monoisotopic (exact) mass is 273 g/mol. The standard InChI is InChI=1S/C11H19N3O3S/c1-2-17-7-3-6-14-18(15,16)11-5-4-10(8-12)9-13-11/h4-5,9,14H,2-3,6-8,12H2,1H3. The van der Waals surface area contributed by atoms with Crippen molar-refractivity contribution in [1.82, 2.24) is 9.71 Å². The van der Waals surface area contributed by atoms with E-state index in [1.54, 1.807) is 6.07 Å². The van der Waals surface area contributed by atoms with E-state index in [1.807, 2.05) is 6.92 Å². The largest absolute Gasteiger partial charge is 0.382 e. The molecule has 7 heteroatoms. The Morgan fingerprint density at radius 2 is 2.22 bits per heavy atom. The van der Waals surface area contributed by atoms with Crippen molar-refractivity contribution in [3.63, 3.8) is 0 Å². The summed E-state index contributed by atoms with van der Waals surface area (Å²) >= 11 is 0. The van der Waals surface area contributed by atoms with Gasteiger partial charge in [0.15, 0.2) is 5.03 Å². The first-order valence-corrected chi connectivity index (χ1v) is 7.31. The number of aromatic nitrogens is 1. The van der Waals surface area contributed by atoms with E-state index < -0.39 is 10.0 Å². The maximum Gasteiger partial charge on any atom is 0.258 e. The lowest BCUT2D eigenvalue weighted by Crippen LogP contribution is -2.26. The van der Waals surface area contributed by atoms with Gasteiger partial charge >= 0.3 is 0 Å². The molecule has 1 aromatic rings. The third-order valence-corrected chi connectivity index (χ3v) is 3.65. The molecule has 6 nitrogen and oxygen atoms in total. The molecule has 0 saturated heterocycles. The summed E-state index contributed by atoms with van der Waals surface area (Å²) in [5.74, 6) is 0. The molecule has 0 aliphatic carbocycles. The quantitative estimate of drug-likeness (QED) is 0.662. The fraction of sp³-hybridized carbons (Fsp3) is 0.545. The molecular weight excluding hydrogens is 254 g/mol.